The fraction of sp³-hybridized carbons (Fsp3) is 0.286. The van der Waals surface area contributed by atoms with E-state index in [9.17, 15) is 9.59 Å². The molecular formula is C14H15NO3. The van der Waals surface area contributed by atoms with Crippen LogP contribution in [0.1, 0.15) is 18.4 Å². The average molecular weight is 245 g/mol. The topological polar surface area (TPSA) is 66.4 Å². The van der Waals surface area contributed by atoms with Crippen LogP contribution in [0.3, 0.4) is 0 Å². The highest BCUT2D eigenvalue weighted by atomic mass is 16.4. The van der Waals surface area contributed by atoms with Crippen molar-refractivity contribution in [1.82, 2.24) is 5.32 Å². The minimum absolute atomic E-state index is 0.0941. The summed E-state index contributed by atoms with van der Waals surface area (Å²) in [6.07, 6.45) is 4.79. The van der Waals surface area contributed by atoms with E-state index in [1.807, 2.05) is 30.3 Å². The van der Waals surface area contributed by atoms with Gasteiger partial charge in [-0.05, 0) is 30.4 Å². The second kappa shape index (κ2) is 5.49. The van der Waals surface area contributed by atoms with Crippen LogP contribution >= 0.6 is 0 Å². The summed E-state index contributed by atoms with van der Waals surface area (Å²) < 4.78 is 0. The number of carbonyl (C=O) groups is 2. The molecule has 0 saturated heterocycles. The first kappa shape index (κ1) is 12.4. The molecule has 2 N–H and O–H groups in total. The molecule has 18 heavy (non-hydrogen) atoms. The molecule has 94 valence electrons. The van der Waals surface area contributed by atoms with Gasteiger partial charge < -0.3 is 10.4 Å². The number of rotatable bonds is 5. The minimum atomic E-state index is -0.959. The molecule has 1 atom stereocenters. The van der Waals surface area contributed by atoms with E-state index >= 15 is 0 Å². The number of hydrogen-bond acceptors (Lipinski definition) is 2. The number of carboxylic acid groups (broad SMARTS) is 1. The minimum Gasteiger partial charge on any atom is -0.480 e. The van der Waals surface area contributed by atoms with E-state index in [4.69, 9.17) is 5.11 Å². The molecule has 4 heteroatoms. The Kier molecular flexibility index (Phi) is 3.77. The van der Waals surface area contributed by atoms with Crippen LogP contribution in [0, 0.1) is 5.92 Å². The molecule has 2 rings (SSSR count). The Bertz CT molecular complexity index is 463. The molecule has 1 amide bonds. The van der Waals surface area contributed by atoms with Crippen LogP contribution in [0.2, 0.25) is 0 Å². The zero-order chi connectivity index (χ0) is 13.0. The zero-order valence-corrected chi connectivity index (χ0v) is 9.87. The van der Waals surface area contributed by atoms with Crippen molar-refractivity contribution in [3.05, 3.63) is 42.0 Å². The monoisotopic (exact) mass is 245 g/mol. The third kappa shape index (κ3) is 3.45. The first-order chi connectivity index (χ1) is 8.66. The van der Waals surface area contributed by atoms with Crippen molar-refractivity contribution in [3.63, 3.8) is 0 Å². The van der Waals surface area contributed by atoms with Gasteiger partial charge in [-0.15, -0.1) is 0 Å². The van der Waals surface area contributed by atoms with Crippen molar-refractivity contribution < 1.29 is 14.7 Å². The molecule has 0 aromatic heterocycles. The smallest absolute Gasteiger partial charge is 0.326 e. The van der Waals surface area contributed by atoms with Crippen molar-refractivity contribution in [2.45, 2.75) is 18.9 Å². The Morgan fingerprint density at radius 1 is 1.28 bits per heavy atom. The fourth-order valence-corrected chi connectivity index (χ4v) is 1.75. The molecule has 1 aromatic carbocycles. The average Bonchev–Trinajstić information content (AvgIpc) is 3.18. The molecule has 1 unspecified atom stereocenters. The van der Waals surface area contributed by atoms with Gasteiger partial charge in [0.15, 0.2) is 0 Å². The van der Waals surface area contributed by atoms with E-state index in [2.05, 4.69) is 5.32 Å². The fourth-order valence-electron chi connectivity index (χ4n) is 1.75. The SMILES string of the molecule is O=C(C=Cc1ccccc1)NC(C(=O)O)C1CC1. The summed E-state index contributed by atoms with van der Waals surface area (Å²) in [5.74, 6) is -1.23. The van der Waals surface area contributed by atoms with Gasteiger partial charge in [0, 0.05) is 6.08 Å². The van der Waals surface area contributed by atoms with Crippen molar-refractivity contribution >= 4 is 18.0 Å². The molecule has 0 heterocycles. The van der Waals surface area contributed by atoms with Gasteiger partial charge in [0.05, 0.1) is 0 Å². The Morgan fingerprint density at radius 3 is 2.50 bits per heavy atom. The summed E-state index contributed by atoms with van der Waals surface area (Å²) in [5, 5.41) is 11.5. The molecule has 4 nitrogen and oxygen atoms in total. The van der Waals surface area contributed by atoms with Crippen molar-refractivity contribution in [1.29, 1.82) is 0 Å². The standard InChI is InChI=1S/C14H15NO3/c16-12(9-6-10-4-2-1-3-5-10)15-13(14(17)18)11-7-8-11/h1-6,9,11,13H,7-8H2,(H,15,16)(H,17,18). The first-order valence-electron chi connectivity index (χ1n) is 5.93. The highest BCUT2D eigenvalue weighted by Crippen LogP contribution is 2.32. The molecule has 0 radical (unpaired) electrons. The van der Waals surface area contributed by atoms with Gasteiger partial charge in [-0.1, -0.05) is 30.3 Å². The Hall–Kier alpha value is -2.10. The molecule has 0 bridgehead atoms. The largest absolute Gasteiger partial charge is 0.480 e. The molecule has 0 spiro atoms. The summed E-state index contributed by atoms with van der Waals surface area (Å²) in [5.41, 5.74) is 0.908. The second-order valence-corrected chi connectivity index (χ2v) is 4.41. The van der Waals surface area contributed by atoms with E-state index < -0.39 is 12.0 Å². The van der Waals surface area contributed by atoms with E-state index in [1.165, 1.54) is 6.08 Å². The van der Waals surface area contributed by atoms with Crippen LogP contribution in [0.5, 0.6) is 0 Å². The Morgan fingerprint density at radius 2 is 1.94 bits per heavy atom. The Balaban J connectivity index is 1.92. The zero-order valence-electron chi connectivity index (χ0n) is 9.87. The van der Waals surface area contributed by atoms with Gasteiger partial charge in [-0.25, -0.2) is 4.79 Å². The number of aliphatic carboxylic acids is 1. The maximum absolute atomic E-state index is 11.6. The van der Waals surface area contributed by atoms with Gasteiger partial charge in [0.2, 0.25) is 5.91 Å². The van der Waals surface area contributed by atoms with Gasteiger partial charge in [0.25, 0.3) is 0 Å². The van der Waals surface area contributed by atoms with Gasteiger partial charge in [0.1, 0.15) is 6.04 Å². The normalized spacial score (nSPS) is 16.4. The maximum Gasteiger partial charge on any atom is 0.326 e. The predicted octanol–water partition coefficient (Wildman–Crippen LogP) is 1.68. The molecule has 1 aliphatic rings. The van der Waals surface area contributed by atoms with Gasteiger partial charge >= 0.3 is 5.97 Å². The number of nitrogens with one attached hydrogen (secondary N) is 1. The highest BCUT2D eigenvalue weighted by Gasteiger charge is 2.36. The van der Waals surface area contributed by atoms with E-state index in [1.54, 1.807) is 6.08 Å². The van der Waals surface area contributed by atoms with Crippen molar-refractivity contribution in [3.8, 4) is 0 Å². The van der Waals surface area contributed by atoms with Crippen LogP contribution in [-0.2, 0) is 9.59 Å². The number of amides is 1. The number of hydrogen-bond donors (Lipinski definition) is 2. The number of carboxylic acids is 1. The lowest BCUT2D eigenvalue weighted by Crippen LogP contribution is -2.41. The third-order valence-electron chi connectivity index (χ3n) is 2.88. The molecule has 1 saturated carbocycles. The van der Waals surface area contributed by atoms with Crippen molar-refractivity contribution in [2.75, 3.05) is 0 Å². The molecule has 1 aromatic rings. The second-order valence-electron chi connectivity index (χ2n) is 4.41. The summed E-state index contributed by atoms with van der Waals surface area (Å²) in [7, 11) is 0. The molecule has 0 aliphatic heterocycles. The third-order valence-corrected chi connectivity index (χ3v) is 2.88. The maximum atomic E-state index is 11.6. The molecule has 1 fully saturated rings. The van der Waals surface area contributed by atoms with Crippen LogP contribution < -0.4 is 5.32 Å². The molecule has 1 aliphatic carbocycles. The van der Waals surface area contributed by atoms with Crippen LogP contribution in [0.25, 0.3) is 6.08 Å². The Labute approximate surface area is 105 Å². The van der Waals surface area contributed by atoms with Gasteiger partial charge in [-0.3, -0.25) is 4.79 Å². The summed E-state index contributed by atoms with van der Waals surface area (Å²) in [4.78, 5) is 22.6. The predicted molar refractivity (Wildman–Crippen MR) is 67.8 cm³/mol. The van der Waals surface area contributed by atoms with E-state index in [0.717, 1.165) is 18.4 Å². The summed E-state index contributed by atoms with van der Waals surface area (Å²) in [6.45, 7) is 0. The lowest BCUT2D eigenvalue weighted by atomic mass is 10.2. The summed E-state index contributed by atoms with van der Waals surface area (Å²) in [6, 6.07) is 8.64. The van der Waals surface area contributed by atoms with Gasteiger partial charge in [-0.2, -0.15) is 0 Å². The quantitative estimate of drug-likeness (QED) is 0.776. The lowest BCUT2D eigenvalue weighted by Gasteiger charge is -2.11. The summed E-state index contributed by atoms with van der Waals surface area (Å²) >= 11 is 0. The van der Waals surface area contributed by atoms with Crippen LogP contribution in [0.15, 0.2) is 36.4 Å². The van der Waals surface area contributed by atoms with Crippen molar-refractivity contribution in [2.24, 2.45) is 5.92 Å². The van der Waals surface area contributed by atoms with E-state index in [-0.39, 0.29) is 11.8 Å². The number of carbonyl (C=O) groups excluding carboxylic acids is 1. The van der Waals surface area contributed by atoms with E-state index in [0.29, 0.717) is 0 Å². The number of benzene rings is 1. The first-order valence-corrected chi connectivity index (χ1v) is 5.93. The molecular weight excluding hydrogens is 230 g/mol. The van der Waals surface area contributed by atoms with Crippen LogP contribution in [0.4, 0.5) is 0 Å². The lowest BCUT2D eigenvalue weighted by molar-refractivity contribution is -0.141. The highest BCUT2D eigenvalue weighted by molar-refractivity contribution is 5.94. The van der Waals surface area contributed by atoms with Crippen LogP contribution in [-0.4, -0.2) is 23.0 Å².